The Morgan fingerprint density at radius 1 is 0.850 bits per heavy atom. The normalized spacial score (nSPS) is 11.0. The van der Waals surface area contributed by atoms with E-state index in [-0.39, 0.29) is 0 Å². The van der Waals surface area contributed by atoms with Crippen LogP contribution >= 0.6 is 0 Å². The summed E-state index contributed by atoms with van der Waals surface area (Å²) in [5.74, 6) is 0. The Hall–Kier alpha value is -2.15. The second-order valence-electron chi connectivity index (χ2n) is 5.65. The monoisotopic (exact) mass is 262 g/mol. The zero-order valence-electron chi connectivity index (χ0n) is 12.6. The lowest BCUT2D eigenvalue weighted by Gasteiger charge is -2.10. The van der Waals surface area contributed by atoms with Crippen molar-refractivity contribution in [2.45, 2.75) is 20.8 Å². The van der Waals surface area contributed by atoms with Gasteiger partial charge in [-0.15, -0.1) is 0 Å². The number of aryl methyl sites for hydroxylation is 3. The Kier molecular flexibility index (Phi) is 3.06. The van der Waals surface area contributed by atoms with Crippen molar-refractivity contribution >= 4 is 10.8 Å². The second-order valence-corrected chi connectivity index (χ2v) is 5.65. The fourth-order valence-corrected chi connectivity index (χ4v) is 2.86. The molecule has 0 N–H and O–H groups in total. The molecule has 1 aromatic heterocycles. The Bertz CT molecular complexity index is 800. The van der Waals surface area contributed by atoms with E-state index >= 15 is 0 Å². The summed E-state index contributed by atoms with van der Waals surface area (Å²) in [6, 6.07) is 15.3. The highest BCUT2D eigenvalue weighted by molar-refractivity contribution is 5.84. The van der Waals surface area contributed by atoms with Crippen molar-refractivity contribution in [3.05, 3.63) is 65.4 Å². The van der Waals surface area contributed by atoms with Gasteiger partial charge in [0.05, 0.1) is 0 Å². The van der Waals surface area contributed by atoms with Gasteiger partial charge in [-0.3, -0.25) is 0 Å². The quantitative estimate of drug-likeness (QED) is 0.577. The number of hydrogen-bond donors (Lipinski definition) is 0. The average Bonchev–Trinajstić information content (AvgIpc) is 2.42. The van der Waals surface area contributed by atoms with Crippen molar-refractivity contribution in [2.75, 3.05) is 0 Å². The first-order valence-corrected chi connectivity index (χ1v) is 7.03. The third-order valence-corrected chi connectivity index (χ3v) is 4.09. The van der Waals surface area contributed by atoms with Gasteiger partial charge in [0.25, 0.3) is 0 Å². The summed E-state index contributed by atoms with van der Waals surface area (Å²) in [5, 5.41) is 2.57. The van der Waals surface area contributed by atoms with E-state index in [2.05, 4.69) is 81.0 Å². The molecule has 0 saturated heterocycles. The Labute approximate surface area is 120 Å². The Balaban J connectivity index is 2.32. The van der Waals surface area contributed by atoms with Crippen molar-refractivity contribution < 1.29 is 4.57 Å². The predicted octanol–water partition coefficient (Wildman–Crippen LogP) is 4.26. The standard InChI is InChI=1S/C19H20N/c1-13-9-14(2)15(3)18(10-13)19-11-16-7-5-6-8-17(16)12-20(19)4/h5-12H,1-4H3/q+1. The van der Waals surface area contributed by atoms with Crippen molar-refractivity contribution in [1.29, 1.82) is 0 Å². The number of fused-ring (bicyclic) bond motifs is 1. The van der Waals surface area contributed by atoms with E-state index in [1.807, 2.05) is 0 Å². The molecule has 20 heavy (non-hydrogen) atoms. The molecule has 2 aromatic carbocycles. The molecule has 100 valence electrons. The van der Waals surface area contributed by atoms with Gasteiger partial charge in [-0.2, -0.15) is 0 Å². The minimum atomic E-state index is 1.27. The van der Waals surface area contributed by atoms with Crippen LogP contribution in [0.5, 0.6) is 0 Å². The molecule has 0 saturated carbocycles. The lowest BCUT2D eigenvalue weighted by Crippen LogP contribution is -2.30. The van der Waals surface area contributed by atoms with Crippen LogP contribution in [0.25, 0.3) is 22.0 Å². The Morgan fingerprint density at radius 3 is 2.30 bits per heavy atom. The van der Waals surface area contributed by atoms with Gasteiger partial charge in [0.2, 0.25) is 5.69 Å². The molecule has 0 unspecified atom stereocenters. The maximum Gasteiger partial charge on any atom is 0.213 e. The molecule has 0 aliphatic heterocycles. The summed E-state index contributed by atoms with van der Waals surface area (Å²) < 4.78 is 2.23. The summed E-state index contributed by atoms with van der Waals surface area (Å²) in [5.41, 5.74) is 6.63. The van der Waals surface area contributed by atoms with Crippen LogP contribution in [0.1, 0.15) is 16.7 Å². The first kappa shape index (κ1) is 12.9. The van der Waals surface area contributed by atoms with Gasteiger partial charge in [0, 0.05) is 17.0 Å². The Morgan fingerprint density at radius 2 is 1.55 bits per heavy atom. The van der Waals surface area contributed by atoms with E-state index in [0.717, 1.165) is 0 Å². The van der Waals surface area contributed by atoms with Crippen molar-refractivity contribution in [3.63, 3.8) is 0 Å². The van der Waals surface area contributed by atoms with Crippen molar-refractivity contribution in [2.24, 2.45) is 7.05 Å². The number of aromatic nitrogens is 1. The molecule has 0 bridgehead atoms. The molecule has 1 nitrogen and oxygen atoms in total. The first-order chi connectivity index (χ1) is 9.56. The van der Waals surface area contributed by atoms with E-state index in [9.17, 15) is 0 Å². The summed E-state index contributed by atoms with van der Waals surface area (Å²) in [4.78, 5) is 0. The summed E-state index contributed by atoms with van der Waals surface area (Å²) in [6.07, 6.45) is 2.21. The second kappa shape index (κ2) is 4.75. The van der Waals surface area contributed by atoms with E-state index in [0.29, 0.717) is 0 Å². The highest BCUT2D eigenvalue weighted by atomic mass is 14.9. The molecule has 0 spiro atoms. The summed E-state index contributed by atoms with van der Waals surface area (Å²) in [6.45, 7) is 6.56. The number of nitrogens with zero attached hydrogens (tertiary/aromatic N) is 1. The molecule has 3 rings (SSSR count). The predicted molar refractivity (Wildman–Crippen MR) is 84.8 cm³/mol. The van der Waals surface area contributed by atoms with Crippen LogP contribution in [0.3, 0.4) is 0 Å². The third kappa shape index (κ3) is 2.09. The van der Waals surface area contributed by atoms with E-state index in [1.54, 1.807) is 0 Å². The van der Waals surface area contributed by atoms with Crippen LogP contribution in [0.4, 0.5) is 0 Å². The van der Waals surface area contributed by atoms with Crippen LogP contribution in [0.2, 0.25) is 0 Å². The average molecular weight is 262 g/mol. The van der Waals surface area contributed by atoms with Crippen LogP contribution < -0.4 is 4.57 Å². The van der Waals surface area contributed by atoms with Gasteiger partial charge in [-0.1, -0.05) is 29.8 Å². The molecular weight excluding hydrogens is 242 g/mol. The zero-order valence-corrected chi connectivity index (χ0v) is 12.6. The molecule has 0 atom stereocenters. The molecule has 3 aromatic rings. The van der Waals surface area contributed by atoms with Crippen molar-refractivity contribution in [1.82, 2.24) is 0 Å². The number of hydrogen-bond acceptors (Lipinski definition) is 0. The smallest absolute Gasteiger partial charge is 0.200 e. The van der Waals surface area contributed by atoms with E-state index in [4.69, 9.17) is 0 Å². The fraction of sp³-hybridized carbons (Fsp3) is 0.211. The minimum Gasteiger partial charge on any atom is -0.200 e. The zero-order chi connectivity index (χ0) is 14.3. The highest BCUT2D eigenvalue weighted by Gasteiger charge is 2.15. The molecule has 0 aliphatic rings. The molecule has 0 fully saturated rings. The van der Waals surface area contributed by atoms with Gasteiger partial charge in [0.15, 0.2) is 6.20 Å². The summed E-state index contributed by atoms with van der Waals surface area (Å²) in [7, 11) is 2.12. The number of pyridine rings is 1. The largest absolute Gasteiger partial charge is 0.213 e. The van der Waals surface area contributed by atoms with Gasteiger partial charge in [0.1, 0.15) is 7.05 Å². The van der Waals surface area contributed by atoms with Crippen molar-refractivity contribution in [3.8, 4) is 11.3 Å². The summed E-state index contributed by atoms with van der Waals surface area (Å²) >= 11 is 0. The van der Waals surface area contributed by atoms with E-state index < -0.39 is 0 Å². The lowest BCUT2D eigenvalue weighted by atomic mass is 9.96. The number of benzene rings is 2. The fourth-order valence-electron chi connectivity index (χ4n) is 2.86. The van der Waals surface area contributed by atoms with Crippen LogP contribution in [-0.2, 0) is 7.05 Å². The topological polar surface area (TPSA) is 3.88 Å². The minimum absolute atomic E-state index is 1.27. The molecule has 1 heteroatoms. The first-order valence-electron chi connectivity index (χ1n) is 7.03. The van der Waals surface area contributed by atoms with Gasteiger partial charge in [-0.25, -0.2) is 4.57 Å². The van der Waals surface area contributed by atoms with Gasteiger partial charge in [-0.05, 0) is 49.4 Å². The SMILES string of the molecule is Cc1cc(C)c(C)c(-c2cc3ccccc3c[n+]2C)c1. The molecule has 0 radical (unpaired) electrons. The van der Waals surface area contributed by atoms with Gasteiger partial charge >= 0.3 is 0 Å². The van der Waals surface area contributed by atoms with Gasteiger partial charge < -0.3 is 0 Å². The molecule has 0 aliphatic carbocycles. The lowest BCUT2D eigenvalue weighted by molar-refractivity contribution is -0.659. The van der Waals surface area contributed by atoms with Crippen LogP contribution in [0.15, 0.2) is 48.7 Å². The maximum atomic E-state index is 2.29. The number of rotatable bonds is 1. The third-order valence-electron chi connectivity index (χ3n) is 4.09. The molecular formula is C19H20N+. The van der Waals surface area contributed by atoms with E-state index in [1.165, 1.54) is 38.7 Å². The highest BCUT2D eigenvalue weighted by Crippen LogP contribution is 2.26. The maximum absolute atomic E-state index is 2.29. The molecule has 0 amide bonds. The van der Waals surface area contributed by atoms with Crippen LogP contribution in [-0.4, -0.2) is 0 Å². The van der Waals surface area contributed by atoms with Crippen LogP contribution in [0, 0.1) is 20.8 Å². The molecule has 1 heterocycles.